The highest BCUT2D eigenvalue weighted by molar-refractivity contribution is 7.09. The summed E-state index contributed by atoms with van der Waals surface area (Å²) in [6.07, 6.45) is 5.42. The van der Waals surface area contributed by atoms with Gasteiger partial charge in [0.05, 0.1) is 12.2 Å². The van der Waals surface area contributed by atoms with Crippen LogP contribution in [-0.4, -0.2) is 26.9 Å². The maximum Gasteiger partial charge on any atom is 0.322 e. The van der Waals surface area contributed by atoms with Crippen LogP contribution in [0.5, 0.6) is 0 Å². The number of rotatable bonds is 4. The Balaban J connectivity index is 1.71. The van der Waals surface area contributed by atoms with E-state index in [4.69, 9.17) is 11.6 Å². The molecule has 1 saturated carbocycles. The van der Waals surface area contributed by atoms with Gasteiger partial charge in [-0.25, -0.2) is 14.8 Å². The number of carbonyl (C=O) groups excluding carboxylic acids is 1. The molecule has 2 amide bonds. The molecule has 0 unspecified atom stereocenters. The summed E-state index contributed by atoms with van der Waals surface area (Å²) in [6.45, 7) is 0.534. The fourth-order valence-corrected chi connectivity index (χ4v) is 2.68. The lowest BCUT2D eigenvalue weighted by atomic mass is 10.4. The molecule has 2 aromatic rings. The number of thiazole rings is 1. The van der Waals surface area contributed by atoms with Crippen molar-refractivity contribution < 1.29 is 4.79 Å². The van der Waals surface area contributed by atoms with Crippen molar-refractivity contribution in [2.24, 2.45) is 0 Å². The van der Waals surface area contributed by atoms with Gasteiger partial charge in [0.15, 0.2) is 5.15 Å². The summed E-state index contributed by atoms with van der Waals surface area (Å²) in [5.41, 5.74) is 0.531. The van der Waals surface area contributed by atoms with Gasteiger partial charge in [-0.3, -0.25) is 0 Å². The second kappa shape index (κ2) is 5.76. The Morgan fingerprint density at radius 3 is 2.95 bits per heavy atom. The van der Waals surface area contributed by atoms with Crippen molar-refractivity contribution in [2.75, 3.05) is 5.32 Å². The second-order valence-electron chi connectivity index (χ2n) is 4.56. The SMILES string of the molecule is O=C(Nc1cccnc1Cl)N(Cc1nccs1)C1CC1. The molecule has 1 aliphatic rings. The van der Waals surface area contributed by atoms with E-state index >= 15 is 0 Å². The minimum absolute atomic E-state index is 0.155. The topological polar surface area (TPSA) is 58.1 Å². The van der Waals surface area contributed by atoms with Crippen LogP contribution in [-0.2, 0) is 6.54 Å². The quantitative estimate of drug-likeness (QED) is 0.881. The molecule has 0 radical (unpaired) electrons. The van der Waals surface area contributed by atoms with Crippen LogP contribution >= 0.6 is 22.9 Å². The Labute approximate surface area is 125 Å². The molecule has 20 heavy (non-hydrogen) atoms. The van der Waals surface area contributed by atoms with Gasteiger partial charge in [0.25, 0.3) is 0 Å². The average molecular weight is 309 g/mol. The van der Waals surface area contributed by atoms with Crippen LogP contribution in [0, 0.1) is 0 Å². The zero-order valence-electron chi connectivity index (χ0n) is 10.6. The Morgan fingerprint density at radius 2 is 2.30 bits per heavy atom. The third-order valence-electron chi connectivity index (χ3n) is 3.04. The van der Waals surface area contributed by atoms with Crippen LogP contribution in [0.1, 0.15) is 17.8 Å². The van der Waals surface area contributed by atoms with Gasteiger partial charge in [-0.15, -0.1) is 11.3 Å². The van der Waals surface area contributed by atoms with Crippen molar-refractivity contribution in [3.05, 3.63) is 40.1 Å². The fraction of sp³-hybridized carbons (Fsp3) is 0.308. The molecular formula is C13H13ClN4OS. The lowest BCUT2D eigenvalue weighted by molar-refractivity contribution is 0.206. The summed E-state index contributed by atoms with van der Waals surface area (Å²) in [5.74, 6) is 0. The van der Waals surface area contributed by atoms with Crippen LogP contribution < -0.4 is 5.32 Å². The molecular weight excluding hydrogens is 296 g/mol. The van der Waals surface area contributed by atoms with E-state index in [1.807, 2.05) is 10.3 Å². The van der Waals surface area contributed by atoms with Gasteiger partial charge >= 0.3 is 6.03 Å². The van der Waals surface area contributed by atoms with E-state index in [0.29, 0.717) is 23.4 Å². The van der Waals surface area contributed by atoms with Crippen molar-refractivity contribution in [3.63, 3.8) is 0 Å². The summed E-state index contributed by atoms with van der Waals surface area (Å²) >= 11 is 7.51. The molecule has 2 heterocycles. The fourth-order valence-electron chi connectivity index (χ4n) is 1.90. The van der Waals surface area contributed by atoms with Crippen LogP contribution in [0.25, 0.3) is 0 Å². The number of urea groups is 1. The van der Waals surface area contributed by atoms with E-state index in [2.05, 4.69) is 15.3 Å². The van der Waals surface area contributed by atoms with Crippen molar-refractivity contribution in [1.82, 2.24) is 14.9 Å². The lowest BCUT2D eigenvalue weighted by Gasteiger charge is -2.21. The molecule has 2 aromatic heterocycles. The average Bonchev–Trinajstić information content (AvgIpc) is 3.15. The summed E-state index contributed by atoms with van der Waals surface area (Å²) < 4.78 is 0. The standard InChI is InChI=1S/C13H13ClN4OS/c14-12-10(2-1-5-16-12)17-13(19)18(9-3-4-9)8-11-15-6-7-20-11/h1-2,5-7,9H,3-4,8H2,(H,17,19). The summed E-state index contributed by atoms with van der Waals surface area (Å²) in [4.78, 5) is 22.4. The minimum Gasteiger partial charge on any atom is -0.315 e. The van der Waals surface area contributed by atoms with E-state index in [-0.39, 0.29) is 6.03 Å². The molecule has 3 rings (SSSR count). The van der Waals surface area contributed by atoms with Crippen LogP contribution in [0.4, 0.5) is 10.5 Å². The molecule has 1 N–H and O–H groups in total. The van der Waals surface area contributed by atoms with E-state index in [0.717, 1.165) is 17.8 Å². The van der Waals surface area contributed by atoms with Crippen LogP contribution in [0.15, 0.2) is 29.9 Å². The van der Waals surface area contributed by atoms with Gasteiger partial charge in [0.2, 0.25) is 0 Å². The van der Waals surface area contributed by atoms with Gasteiger partial charge < -0.3 is 10.2 Å². The summed E-state index contributed by atoms with van der Waals surface area (Å²) in [5, 5.41) is 5.96. The van der Waals surface area contributed by atoms with Crippen molar-refractivity contribution in [1.29, 1.82) is 0 Å². The first-order valence-corrected chi connectivity index (χ1v) is 7.56. The summed E-state index contributed by atoms with van der Waals surface area (Å²) in [6, 6.07) is 3.62. The van der Waals surface area contributed by atoms with E-state index < -0.39 is 0 Å². The van der Waals surface area contributed by atoms with Gasteiger partial charge in [0.1, 0.15) is 5.01 Å². The van der Waals surface area contributed by atoms with Gasteiger partial charge in [-0.1, -0.05) is 11.6 Å². The molecule has 0 bridgehead atoms. The molecule has 0 aromatic carbocycles. The maximum absolute atomic E-state index is 12.4. The second-order valence-corrected chi connectivity index (χ2v) is 5.89. The number of hydrogen-bond acceptors (Lipinski definition) is 4. The normalized spacial score (nSPS) is 14.1. The van der Waals surface area contributed by atoms with Crippen LogP contribution in [0.3, 0.4) is 0 Å². The van der Waals surface area contributed by atoms with Gasteiger partial charge in [-0.2, -0.15) is 0 Å². The lowest BCUT2D eigenvalue weighted by Crippen LogP contribution is -2.36. The molecule has 7 heteroatoms. The smallest absolute Gasteiger partial charge is 0.315 e. The Morgan fingerprint density at radius 1 is 1.45 bits per heavy atom. The highest BCUT2D eigenvalue weighted by Crippen LogP contribution is 2.30. The van der Waals surface area contributed by atoms with Crippen molar-refractivity contribution >= 4 is 34.7 Å². The molecule has 1 aliphatic carbocycles. The first-order valence-electron chi connectivity index (χ1n) is 6.30. The molecule has 1 fully saturated rings. The first-order chi connectivity index (χ1) is 9.74. The number of carbonyl (C=O) groups is 1. The molecule has 104 valence electrons. The molecule has 5 nitrogen and oxygen atoms in total. The zero-order chi connectivity index (χ0) is 13.9. The number of hydrogen-bond donors (Lipinski definition) is 1. The maximum atomic E-state index is 12.4. The Hall–Kier alpha value is -1.66. The number of anilines is 1. The number of nitrogens with one attached hydrogen (secondary N) is 1. The van der Waals surface area contributed by atoms with Crippen molar-refractivity contribution in [3.8, 4) is 0 Å². The number of amides is 2. The van der Waals surface area contributed by atoms with E-state index in [1.54, 1.807) is 35.9 Å². The molecule has 0 saturated heterocycles. The van der Waals surface area contributed by atoms with Gasteiger partial charge in [0, 0.05) is 23.8 Å². The minimum atomic E-state index is -0.155. The van der Waals surface area contributed by atoms with E-state index in [9.17, 15) is 4.79 Å². The summed E-state index contributed by atoms with van der Waals surface area (Å²) in [7, 11) is 0. The Kier molecular flexibility index (Phi) is 3.84. The third kappa shape index (κ3) is 3.08. The van der Waals surface area contributed by atoms with Gasteiger partial charge in [-0.05, 0) is 25.0 Å². The molecule has 0 spiro atoms. The van der Waals surface area contributed by atoms with Crippen LogP contribution in [0.2, 0.25) is 5.15 Å². The highest BCUT2D eigenvalue weighted by Gasteiger charge is 2.33. The predicted octanol–water partition coefficient (Wildman–Crippen LogP) is 3.39. The zero-order valence-corrected chi connectivity index (χ0v) is 12.2. The Bertz CT molecular complexity index is 600. The largest absolute Gasteiger partial charge is 0.322 e. The van der Waals surface area contributed by atoms with Crippen molar-refractivity contribution in [2.45, 2.75) is 25.4 Å². The highest BCUT2D eigenvalue weighted by atomic mass is 35.5. The monoisotopic (exact) mass is 308 g/mol. The van der Waals surface area contributed by atoms with E-state index in [1.165, 1.54) is 0 Å². The number of aromatic nitrogens is 2. The molecule has 0 atom stereocenters. The number of nitrogens with zero attached hydrogens (tertiary/aromatic N) is 3. The third-order valence-corrected chi connectivity index (χ3v) is 4.10. The number of pyridine rings is 1. The predicted molar refractivity (Wildman–Crippen MR) is 78.9 cm³/mol. The first kappa shape index (κ1) is 13.3. The molecule has 0 aliphatic heterocycles. The number of halogens is 1.